The Morgan fingerprint density at radius 1 is 0.438 bits per heavy atom. The summed E-state index contributed by atoms with van der Waals surface area (Å²) in [6.07, 6.45) is 0. The van der Waals surface area contributed by atoms with E-state index in [1.54, 1.807) is 59.9 Å². The number of thiophene rings is 2. The lowest BCUT2D eigenvalue weighted by Crippen LogP contribution is -2.01. The first kappa shape index (κ1) is 30.5. The maximum absolute atomic E-state index is 11.7. The third-order valence-electron chi connectivity index (χ3n) is 7.81. The van der Waals surface area contributed by atoms with Gasteiger partial charge in [0.25, 0.3) is 0 Å². The summed E-state index contributed by atoms with van der Waals surface area (Å²) in [5.41, 5.74) is 19.5. The molecule has 6 N–H and O–H groups in total. The number of nitrogen functional groups attached to an aromatic ring is 2. The zero-order chi connectivity index (χ0) is 33.4. The summed E-state index contributed by atoms with van der Waals surface area (Å²) in [5, 5.41) is 19.8. The molecule has 0 spiro atoms. The van der Waals surface area contributed by atoms with Crippen LogP contribution in [0.25, 0.3) is 65.2 Å². The Bertz CT molecular complexity index is 2290. The van der Waals surface area contributed by atoms with E-state index in [2.05, 4.69) is 0 Å². The monoisotopic (exact) mass is 666 g/mol. The fourth-order valence-corrected chi connectivity index (χ4v) is 7.10. The van der Waals surface area contributed by atoms with Gasteiger partial charge in [-0.05, 0) is 71.8 Å². The van der Waals surface area contributed by atoms with Crippen molar-refractivity contribution in [1.82, 2.24) is 9.97 Å². The van der Waals surface area contributed by atoms with Crippen molar-refractivity contribution >= 4 is 45.3 Å². The van der Waals surface area contributed by atoms with Gasteiger partial charge in [0.2, 0.25) is 0 Å². The predicted molar refractivity (Wildman–Crippen MR) is 193 cm³/mol. The minimum Gasteiger partial charge on any atom is -0.478 e. The molecule has 48 heavy (non-hydrogen) atoms. The first-order valence-corrected chi connectivity index (χ1v) is 16.4. The van der Waals surface area contributed by atoms with Crippen LogP contribution in [-0.2, 0) is 0 Å². The number of aromatic carboxylic acids is 2. The SMILES string of the molecule is Nc1ccc(-c2ccc(-c3nc(-c4ccc(C(=O)O)cc4)c(-c4ccc(-c5ccc(N)s5)cc4)nc3-c3ccc(C(=O)O)cc3)s2)cc1. The number of benzene rings is 4. The molecule has 0 amide bonds. The lowest BCUT2D eigenvalue weighted by atomic mass is 9.99. The summed E-state index contributed by atoms with van der Waals surface area (Å²) in [7, 11) is 0. The number of nitrogens with two attached hydrogens (primary N) is 2. The molecule has 0 aliphatic rings. The fraction of sp³-hybridized carbons (Fsp3) is 0. The molecular weight excluding hydrogens is 641 g/mol. The Morgan fingerprint density at radius 2 is 0.812 bits per heavy atom. The third-order valence-corrected chi connectivity index (χ3v) is 9.92. The summed E-state index contributed by atoms with van der Waals surface area (Å²) in [4.78, 5) is 36.7. The van der Waals surface area contributed by atoms with E-state index in [9.17, 15) is 19.8 Å². The van der Waals surface area contributed by atoms with Gasteiger partial charge in [-0.2, -0.15) is 0 Å². The largest absolute Gasteiger partial charge is 0.478 e. The Kier molecular flexibility index (Phi) is 8.02. The van der Waals surface area contributed by atoms with Gasteiger partial charge in [0.15, 0.2) is 0 Å². The second kappa shape index (κ2) is 12.6. The van der Waals surface area contributed by atoms with Crippen LogP contribution < -0.4 is 11.5 Å². The molecule has 0 saturated heterocycles. The van der Waals surface area contributed by atoms with E-state index in [0.717, 1.165) is 36.3 Å². The maximum atomic E-state index is 11.7. The van der Waals surface area contributed by atoms with Gasteiger partial charge in [-0.3, -0.25) is 0 Å². The Morgan fingerprint density at radius 3 is 1.29 bits per heavy atom. The van der Waals surface area contributed by atoms with Crippen LogP contribution in [0.2, 0.25) is 0 Å². The Labute approximate surface area is 283 Å². The first-order chi connectivity index (χ1) is 23.2. The topological polar surface area (TPSA) is 152 Å². The zero-order valence-corrected chi connectivity index (χ0v) is 26.8. The highest BCUT2D eigenvalue weighted by Crippen LogP contribution is 2.42. The molecule has 10 heteroatoms. The maximum Gasteiger partial charge on any atom is 0.335 e. The van der Waals surface area contributed by atoms with E-state index in [-0.39, 0.29) is 11.1 Å². The van der Waals surface area contributed by atoms with Crippen LogP contribution in [0.4, 0.5) is 10.7 Å². The van der Waals surface area contributed by atoms with E-state index in [0.29, 0.717) is 39.6 Å². The van der Waals surface area contributed by atoms with Gasteiger partial charge < -0.3 is 21.7 Å². The molecule has 3 aromatic heterocycles. The average Bonchev–Trinajstić information content (AvgIpc) is 3.78. The second-order valence-electron chi connectivity index (χ2n) is 10.9. The summed E-state index contributed by atoms with van der Waals surface area (Å²) in [5.74, 6) is -2.04. The van der Waals surface area contributed by atoms with E-state index >= 15 is 0 Å². The molecule has 0 atom stereocenters. The fourth-order valence-electron chi connectivity index (χ4n) is 5.32. The molecule has 0 radical (unpaired) electrons. The van der Waals surface area contributed by atoms with Crippen molar-refractivity contribution in [1.29, 1.82) is 0 Å². The van der Waals surface area contributed by atoms with Crippen LogP contribution in [0.1, 0.15) is 20.7 Å². The molecule has 0 aliphatic heterocycles. The molecule has 3 heterocycles. The Balaban J connectivity index is 1.44. The zero-order valence-electron chi connectivity index (χ0n) is 25.1. The highest BCUT2D eigenvalue weighted by Gasteiger charge is 2.22. The van der Waals surface area contributed by atoms with Crippen LogP contribution in [0.3, 0.4) is 0 Å². The summed E-state index contributed by atoms with van der Waals surface area (Å²) in [6.45, 7) is 0. The number of nitrogens with zero attached hydrogens (tertiary/aromatic N) is 2. The van der Waals surface area contributed by atoms with Gasteiger partial charge >= 0.3 is 11.9 Å². The molecule has 0 fully saturated rings. The molecule has 0 saturated carbocycles. The van der Waals surface area contributed by atoms with E-state index in [4.69, 9.17) is 21.4 Å². The number of carboxylic acids is 2. The lowest BCUT2D eigenvalue weighted by Gasteiger charge is -2.16. The van der Waals surface area contributed by atoms with Crippen molar-refractivity contribution in [2.24, 2.45) is 0 Å². The number of carbonyl (C=O) groups is 2. The highest BCUT2D eigenvalue weighted by molar-refractivity contribution is 7.19. The van der Waals surface area contributed by atoms with Gasteiger partial charge in [0, 0.05) is 32.1 Å². The molecule has 0 aliphatic carbocycles. The average molecular weight is 667 g/mol. The van der Waals surface area contributed by atoms with Crippen molar-refractivity contribution in [3.8, 4) is 65.2 Å². The van der Waals surface area contributed by atoms with Gasteiger partial charge in [-0.25, -0.2) is 19.6 Å². The predicted octanol–water partition coefficient (Wildman–Crippen LogP) is 9.16. The standard InChI is InChI=1S/C38H26N4O4S2/c39-28-15-13-22(14-16-28)29-17-18-31(47-29)36-35(25-7-11-27(12-8-25)38(45)46)41-33(34(42-36)24-5-9-26(10-6-24)37(43)44)23-3-1-21(2-4-23)30-19-20-32(40)48-30/h1-20H,39-40H2,(H,43,44)(H,45,46). The lowest BCUT2D eigenvalue weighted by molar-refractivity contribution is 0.0686. The van der Waals surface area contributed by atoms with Crippen LogP contribution in [0.15, 0.2) is 121 Å². The number of hydrogen-bond donors (Lipinski definition) is 4. The van der Waals surface area contributed by atoms with Gasteiger partial charge in [-0.1, -0.05) is 60.7 Å². The van der Waals surface area contributed by atoms with Crippen LogP contribution in [0, 0.1) is 0 Å². The molecule has 7 aromatic rings. The molecule has 4 aromatic carbocycles. The van der Waals surface area contributed by atoms with E-state index in [1.165, 1.54) is 11.3 Å². The van der Waals surface area contributed by atoms with Crippen molar-refractivity contribution in [3.63, 3.8) is 0 Å². The molecule has 8 nitrogen and oxygen atoms in total. The second-order valence-corrected chi connectivity index (χ2v) is 13.1. The van der Waals surface area contributed by atoms with Crippen molar-refractivity contribution in [3.05, 3.63) is 132 Å². The molecule has 234 valence electrons. The van der Waals surface area contributed by atoms with Gasteiger partial charge in [0.1, 0.15) is 5.69 Å². The number of rotatable bonds is 8. The molecule has 0 bridgehead atoms. The van der Waals surface area contributed by atoms with Gasteiger partial charge in [0.05, 0.1) is 38.1 Å². The number of anilines is 2. The van der Waals surface area contributed by atoms with Crippen LogP contribution in [-0.4, -0.2) is 32.1 Å². The van der Waals surface area contributed by atoms with Crippen LogP contribution in [0.5, 0.6) is 0 Å². The van der Waals surface area contributed by atoms with Crippen molar-refractivity contribution in [2.75, 3.05) is 11.5 Å². The normalized spacial score (nSPS) is 11.0. The van der Waals surface area contributed by atoms with Gasteiger partial charge in [-0.15, -0.1) is 22.7 Å². The molecule has 0 unspecified atom stereocenters. The summed E-state index contributed by atoms with van der Waals surface area (Å²) >= 11 is 3.06. The first-order valence-electron chi connectivity index (χ1n) is 14.8. The summed E-state index contributed by atoms with van der Waals surface area (Å²) < 4.78 is 0. The number of hydrogen-bond acceptors (Lipinski definition) is 8. The quantitative estimate of drug-likeness (QED) is 0.117. The van der Waals surface area contributed by atoms with Crippen molar-refractivity contribution < 1.29 is 19.8 Å². The molecule has 7 rings (SSSR count). The summed E-state index contributed by atoms with van der Waals surface area (Å²) in [6, 6.07) is 36.7. The minimum atomic E-state index is -1.02. The van der Waals surface area contributed by atoms with E-state index < -0.39 is 11.9 Å². The smallest absolute Gasteiger partial charge is 0.335 e. The minimum absolute atomic E-state index is 0.162. The molecular formula is C38H26N4O4S2. The number of carboxylic acid groups (broad SMARTS) is 2. The third kappa shape index (κ3) is 6.05. The van der Waals surface area contributed by atoms with Crippen molar-refractivity contribution in [2.45, 2.75) is 0 Å². The Hall–Kier alpha value is -6.10. The van der Waals surface area contributed by atoms with E-state index in [1.807, 2.05) is 72.8 Å². The van der Waals surface area contributed by atoms with Crippen LogP contribution >= 0.6 is 22.7 Å². The number of aromatic nitrogens is 2. The highest BCUT2D eigenvalue weighted by atomic mass is 32.1.